The van der Waals surface area contributed by atoms with Crippen molar-refractivity contribution < 1.29 is 46.0 Å². The molecule has 0 fully saturated rings. The van der Waals surface area contributed by atoms with Crippen molar-refractivity contribution in [2.75, 3.05) is 37.5 Å². The van der Waals surface area contributed by atoms with Crippen molar-refractivity contribution in [3.63, 3.8) is 0 Å². The van der Waals surface area contributed by atoms with Gasteiger partial charge < -0.3 is 58.3 Å². The third kappa shape index (κ3) is 21.8. The molecule has 36 heteroatoms. The number of benzene rings is 9. The topological polar surface area (TPSA) is 330 Å². The molecule has 15 aromatic rings. The summed E-state index contributed by atoms with van der Waals surface area (Å²) >= 11 is 21.0. The Bertz CT molecular complexity index is 7000. The molecule has 21 rings (SSSR count). The lowest BCUT2D eigenvalue weighted by Gasteiger charge is -2.26. The average molecular weight is 1970 g/mol. The van der Waals surface area contributed by atoms with Crippen molar-refractivity contribution in [1.82, 2.24) is 59.8 Å². The van der Waals surface area contributed by atoms with E-state index in [2.05, 4.69) is 133 Å². The Balaban J connectivity index is 0.000000117. The first-order valence-electron chi connectivity index (χ1n) is 42.3. The Hall–Kier alpha value is -10.8. The zero-order valence-corrected chi connectivity index (χ0v) is 79.6. The van der Waals surface area contributed by atoms with Crippen molar-refractivity contribution in [2.45, 2.75) is 159 Å². The number of halogens is 6. The Morgan fingerprint density at radius 1 is 0.306 bits per heavy atom. The van der Waals surface area contributed by atoms with Gasteiger partial charge in [0, 0.05) is 59.5 Å². The van der Waals surface area contributed by atoms with Gasteiger partial charge in [0.2, 0.25) is 0 Å². The van der Waals surface area contributed by atoms with Crippen LogP contribution in [0.25, 0.3) is 32.3 Å². The molecule has 690 valence electrons. The highest BCUT2D eigenvalue weighted by molar-refractivity contribution is 7.99. The van der Waals surface area contributed by atoms with Crippen LogP contribution in [0.4, 0.5) is 17.6 Å². The Labute approximate surface area is 800 Å². The first-order valence-corrected chi connectivity index (χ1v) is 50.4. The fourth-order valence-corrected chi connectivity index (χ4v) is 19.7. The number of hydrogen-bond donors (Lipinski definition) is 6. The molecule has 12 heterocycles. The zero-order valence-electron chi connectivity index (χ0n) is 73.1. The average Bonchev–Trinajstić information content (AvgIpc) is 0.758. The summed E-state index contributed by atoms with van der Waals surface area (Å²) in [5.74, 6) is -0.295. The van der Waals surface area contributed by atoms with E-state index < -0.39 is 23.9 Å². The summed E-state index contributed by atoms with van der Waals surface area (Å²) in [5.41, 5.74) is 12.5. The molecule has 0 aliphatic carbocycles. The number of rotatable bonds is 12. The van der Waals surface area contributed by atoms with Gasteiger partial charge in [0.1, 0.15) is 5.82 Å². The van der Waals surface area contributed by atoms with Crippen molar-refractivity contribution in [3.05, 3.63) is 378 Å². The van der Waals surface area contributed by atoms with Gasteiger partial charge in [0.05, 0.1) is 149 Å². The Morgan fingerprint density at radius 3 is 0.963 bits per heavy atom. The summed E-state index contributed by atoms with van der Waals surface area (Å²) in [6, 6.07) is 58.6. The standard InChI is InChI=1S/C19H18N2O2S.C18H15ClN2O2S.C18H16N2O2S.C15H13F3N2O2S.C14H13ClN2O2S.C14H13FN2O2S/c1-11-5-3-6-12-7-4-8-13(17(11)12)16-9-15-14(10-23-16)18(22)21-19(20-15)24-2;1-24-18-20-14-8-15(23-9-12(14)17(22)21-18)11-6-2-4-10-5-3-7-13(19)16(10)11;1-23-18-19-15-9-16(22-10-14(15)17(21)20-18)13-8-4-6-11-5-2-3-7-12(11)13;1-23-14-19-11-6-12(22-7-9(11)13(21)20-14)8-4-2-3-5-10(8)15(16,17)18;2*1-20-14-16-11-6-12(8-4-2-3-5-10(8)15)19-7-9(11)13(18)17-14/h3-8,16H,9-10H2,1-2H3,(H,20,21,22);2-7,15H,8-9H2,1H3,(H,20,21,22);2-8,16H,9-10H2,1H3,(H,19,20,21);2-5,12H,6-7H2,1H3,(H,19,20,21);2*2-5,12H,6-7H2,1H3,(H,16,17,18). The van der Waals surface area contributed by atoms with E-state index in [0.717, 1.165) is 56.3 Å². The number of thioether (sulfide) groups is 6. The van der Waals surface area contributed by atoms with Gasteiger partial charge in [0.15, 0.2) is 30.9 Å². The molecule has 6 N–H and O–H groups in total. The number of nitrogens with one attached hydrogen (secondary N) is 6. The minimum Gasteiger partial charge on any atom is -0.368 e. The van der Waals surface area contributed by atoms with Gasteiger partial charge in [-0.25, -0.2) is 34.3 Å². The highest BCUT2D eigenvalue weighted by Crippen LogP contribution is 2.43. The number of hydrogen-bond acceptors (Lipinski definition) is 24. The second-order valence-electron chi connectivity index (χ2n) is 31.4. The normalized spacial score (nSPS) is 17.4. The quantitative estimate of drug-likeness (QED) is 0.0376. The fraction of sp³-hybridized carbons (Fsp3) is 0.265. The van der Waals surface area contributed by atoms with Crippen LogP contribution in [-0.2, 0) is 113 Å². The SMILES string of the molecule is CSc1nc2c(c(=O)[nH]1)COC(c1cccc3cccc(C)c13)C2.CSc1nc2c(c(=O)[nH]1)COC(c1cccc3cccc(Cl)c13)C2.CSc1nc2c(c(=O)[nH]1)COC(c1cccc3ccccc13)C2.CSc1nc2c(c(=O)[nH]1)COC(c1ccccc1C(F)(F)F)C2.CSc1nc2c(c(=O)[nH]1)COC(c1ccccc1Cl)C2.CSc1nc2c(c(=O)[nH]1)COC(c1ccccc1F)C2. The van der Waals surface area contributed by atoms with Crippen LogP contribution in [-0.4, -0.2) is 97.3 Å². The highest BCUT2D eigenvalue weighted by atomic mass is 35.5. The van der Waals surface area contributed by atoms with Crippen molar-refractivity contribution >= 4 is 126 Å². The van der Waals surface area contributed by atoms with Gasteiger partial charge >= 0.3 is 6.18 Å². The van der Waals surface area contributed by atoms with Crippen LogP contribution in [0.1, 0.15) is 149 Å². The molecule has 6 atom stereocenters. The number of aryl methyl sites for hydroxylation is 1. The summed E-state index contributed by atoms with van der Waals surface area (Å²) in [4.78, 5) is 116. The third-order valence-corrected chi connectivity index (χ3v) is 27.6. The molecule has 6 aromatic heterocycles. The van der Waals surface area contributed by atoms with Crippen molar-refractivity contribution in [3.8, 4) is 0 Å². The van der Waals surface area contributed by atoms with Gasteiger partial charge in [-0.05, 0) is 129 Å². The molecule has 9 aromatic carbocycles. The minimum atomic E-state index is -4.45. The lowest BCUT2D eigenvalue weighted by Crippen LogP contribution is -2.27. The molecule has 24 nitrogen and oxygen atoms in total. The first-order chi connectivity index (χ1) is 64.9. The van der Waals surface area contributed by atoms with Crippen LogP contribution in [0.3, 0.4) is 0 Å². The maximum Gasteiger partial charge on any atom is 0.416 e. The van der Waals surface area contributed by atoms with Gasteiger partial charge in [-0.2, -0.15) is 13.2 Å². The number of alkyl halides is 3. The predicted octanol–water partition coefficient (Wildman–Crippen LogP) is 20.1. The lowest BCUT2D eigenvalue weighted by molar-refractivity contribution is -0.139. The van der Waals surface area contributed by atoms with E-state index in [9.17, 15) is 46.3 Å². The largest absolute Gasteiger partial charge is 0.416 e. The maximum atomic E-state index is 13.8. The summed E-state index contributed by atoms with van der Waals surface area (Å²) in [5, 5.41) is 11.9. The van der Waals surface area contributed by atoms with Crippen molar-refractivity contribution in [1.29, 1.82) is 0 Å². The molecule has 0 spiro atoms. The summed E-state index contributed by atoms with van der Waals surface area (Å²) < 4.78 is 88.2. The molecule has 134 heavy (non-hydrogen) atoms. The van der Waals surface area contributed by atoms with Gasteiger partial charge in [-0.1, -0.05) is 258 Å². The third-order valence-electron chi connectivity index (χ3n) is 23.5. The number of H-pyrrole nitrogens is 6. The molecule has 6 unspecified atom stereocenters. The van der Waals surface area contributed by atoms with Crippen LogP contribution in [0.2, 0.25) is 10.0 Å². The number of aromatic nitrogens is 12. The number of nitrogens with zero attached hydrogens (tertiary/aromatic N) is 6. The second kappa shape index (κ2) is 43.5. The Kier molecular flexibility index (Phi) is 31.3. The van der Waals surface area contributed by atoms with E-state index in [1.165, 1.54) is 121 Å². The molecular weight excluding hydrogens is 1880 g/mol. The molecular formula is C98H88Cl2F4N12O12S6. The molecule has 0 amide bonds. The van der Waals surface area contributed by atoms with E-state index in [1.807, 2.05) is 104 Å². The predicted molar refractivity (Wildman–Crippen MR) is 518 cm³/mol. The molecule has 0 radical (unpaired) electrons. The monoisotopic (exact) mass is 1960 g/mol. The lowest BCUT2D eigenvalue weighted by atomic mass is 9.93. The summed E-state index contributed by atoms with van der Waals surface area (Å²) in [6.45, 7) is 3.37. The molecule has 0 saturated heterocycles. The van der Waals surface area contributed by atoms with E-state index in [-0.39, 0.29) is 102 Å². The highest BCUT2D eigenvalue weighted by Gasteiger charge is 2.38. The Morgan fingerprint density at radius 2 is 0.575 bits per heavy atom. The smallest absolute Gasteiger partial charge is 0.368 e. The van der Waals surface area contributed by atoms with Crippen LogP contribution in [0.5, 0.6) is 0 Å². The van der Waals surface area contributed by atoms with E-state index in [0.29, 0.717) is 137 Å². The molecule has 0 saturated carbocycles. The summed E-state index contributed by atoms with van der Waals surface area (Å²) in [6.07, 6.45) is 8.06. The van der Waals surface area contributed by atoms with Crippen LogP contribution >= 0.6 is 93.8 Å². The first kappa shape index (κ1) is 96.3. The molecule has 6 aliphatic heterocycles. The van der Waals surface area contributed by atoms with Gasteiger partial charge in [0.25, 0.3) is 33.4 Å². The summed E-state index contributed by atoms with van der Waals surface area (Å²) in [7, 11) is 0. The van der Waals surface area contributed by atoms with Crippen LogP contribution < -0.4 is 33.4 Å². The van der Waals surface area contributed by atoms with Gasteiger partial charge in [-0.3, -0.25) is 28.8 Å². The second-order valence-corrected chi connectivity index (χ2v) is 37.0. The maximum absolute atomic E-state index is 13.8. The number of ether oxygens (including phenoxy) is 6. The van der Waals surface area contributed by atoms with Gasteiger partial charge in [-0.15, -0.1) is 0 Å². The van der Waals surface area contributed by atoms with Crippen molar-refractivity contribution in [2.24, 2.45) is 0 Å². The molecule has 0 bridgehead atoms. The fourth-order valence-electron chi connectivity index (χ4n) is 16.8. The molecule has 6 aliphatic rings. The van der Waals surface area contributed by atoms with Crippen LogP contribution in [0.15, 0.2) is 248 Å². The minimum absolute atomic E-state index is 0.0524. The zero-order chi connectivity index (χ0) is 94.0. The number of aromatic amines is 6. The number of fused-ring (bicyclic) bond motifs is 9. The van der Waals surface area contributed by atoms with E-state index in [4.69, 9.17) is 51.6 Å². The van der Waals surface area contributed by atoms with E-state index >= 15 is 0 Å². The van der Waals surface area contributed by atoms with Crippen LogP contribution in [0, 0.1) is 12.7 Å². The van der Waals surface area contributed by atoms with E-state index in [1.54, 1.807) is 30.5 Å².